The molecule has 3 N–H and O–H groups in total. The molecule has 8 heteroatoms. The van der Waals surface area contributed by atoms with E-state index in [1.54, 1.807) is 24.3 Å². The average Bonchev–Trinajstić information content (AvgIpc) is 2.87. The van der Waals surface area contributed by atoms with Gasteiger partial charge in [-0.05, 0) is 22.6 Å². The van der Waals surface area contributed by atoms with Crippen LogP contribution in [0.15, 0.2) is 36.5 Å². The summed E-state index contributed by atoms with van der Waals surface area (Å²) < 4.78 is 1.45. The largest absolute Gasteiger partial charge is 0.389 e. The Balaban J connectivity index is 2.10. The van der Waals surface area contributed by atoms with Gasteiger partial charge in [0.15, 0.2) is 0 Å². The molecule has 19 heavy (non-hydrogen) atoms. The second kappa shape index (κ2) is 5.27. The summed E-state index contributed by atoms with van der Waals surface area (Å²) in [6.07, 6.45) is 1.53. The van der Waals surface area contributed by atoms with Crippen LogP contribution in [0.1, 0.15) is 15.9 Å². The van der Waals surface area contributed by atoms with Crippen LogP contribution in [0.4, 0.5) is 5.82 Å². The second-order valence-electron chi connectivity index (χ2n) is 3.80. The van der Waals surface area contributed by atoms with Crippen molar-refractivity contribution in [3.8, 4) is 0 Å². The molecule has 8 nitrogen and oxygen atoms in total. The molecule has 0 unspecified atom stereocenters. The maximum absolute atomic E-state index is 11.2. The van der Waals surface area contributed by atoms with Gasteiger partial charge in [0.05, 0.1) is 23.9 Å². The van der Waals surface area contributed by atoms with E-state index in [2.05, 4.69) is 5.10 Å². The number of amides is 1. The van der Waals surface area contributed by atoms with Crippen molar-refractivity contribution in [1.82, 2.24) is 15.2 Å². The molecule has 1 heterocycles. The maximum Gasteiger partial charge on any atom is 0.389 e. The molecule has 0 aliphatic carbocycles. The molecule has 0 saturated heterocycles. The van der Waals surface area contributed by atoms with Crippen molar-refractivity contribution in [1.29, 1.82) is 0 Å². The standard InChI is InChI=1S/C11H11N5O3/c12-13-11(17)9-3-1-8(2-4-9)7-15-6-5-10(14-15)16(18)19/h1-6H,7,12H2,(H,13,17). The lowest BCUT2D eigenvalue weighted by atomic mass is 10.1. The Morgan fingerprint density at radius 1 is 1.37 bits per heavy atom. The molecule has 1 aromatic heterocycles. The third-order valence-corrected chi connectivity index (χ3v) is 2.51. The number of nitro groups is 1. The molecule has 0 saturated carbocycles. The Morgan fingerprint density at radius 2 is 2.05 bits per heavy atom. The number of hydrogen-bond donors (Lipinski definition) is 2. The van der Waals surface area contributed by atoms with Crippen molar-refractivity contribution in [2.24, 2.45) is 5.84 Å². The van der Waals surface area contributed by atoms with Crippen LogP contribution in [-0.4, -0.2) is 20.6 Å². The molecule has 98 valence electrons. The van der Waals surface area contributed by atoms with Crippen molar-refractivity contribution in [2.45, 2.75) is 6.54 Å². The zero-order chi connectivity index (χ0) is 13.8. The number of carbonyl (C=O) groups excluding carboxylic acids is 1. The van der Waals surface area contributed by atoms with Crippen LogP contribution in [0.3, 0.4) is 0 Å². The van der Waals surface area contributed by atoms with E-state index in [1.165, 1.54) is 16.9 Å². The minimum absolute atomic E-state index is 0.195. The fourth-order valence-corrected chi connectivity index (χ4v) is 1.57. The normalized spacial score (nSPS) is 10.2. The van der Waals surface area contributed by atoms with Crippen LogP contribution in [0.5, 0.6) is 0 Å². The fraction of sp³-hybridized carbons (Fsp3) is 0.0909. The Morgan fingerprint density at radius 3 is 2.58 bits per heavy atom. The highest BCUT2D eigenvalue weighted by atomic mass is 16.6. The highest BCUT2D eigenvalue weighted by Crippen LogP contribution is 2.09. The lowest BCUT2D eigenvalue weighted by Gasteiger charge is -2.01. The number of nitrogens with one attached hydrogen (secondary N) is 1. The monoisotopic (exact) mass is 261 g/mol. The van der Waals surface area contributed by atoms with E-state index in [0.29, 0.717) is 12.1 Å². The van der Waals surface area contributed by atoms with Crippen LogP contribution < -0.4 is 11.3 Å². The summed E-state index contributed by atoms with van der Waals surface area (Å²) in [5.74, 6) is 4.45. The lowest BCUT2D eigenvalue weighted by Crippen LogP contribution is -2.29. The third kappa shape index (κ3) is 2.93. The first-order chi connectivity index (χ1) is 9.10. The van der Waals surface area contributed by atoms with E-state index in [9.17, 15) is 14.9 Å². The highest BCUT2D eigenvalue weighted by Gasteiger charge is 2.11. The summed E-state index contributed by atoms with van der Waals surface area (Å²) in [7, 11) is 0. The first-order valence-corrected chi connectivity index (χ1v) is 5.38. The minimum Gasteiger partial charge on any atom is -0.358 e. The molecule has 0 bridgehead atoms. The van der Waals surface area contributed by atoms with Crippen molar-refractivity contribution in [3.05, 3.63) is 57.8 Å². The van der Waals surface area contributed by atoms with Crippen molar-refractivity contribution < 1.29 is 9.72 Å². The smallest absolute Gasteiger partial charge is 0.358 e. The lowest BCUT2D eigenvalue weighted by molar-refractivity contribution is -0.389. The molecule has 0 atom stereocenters. The van der Waals surface area contributed by atoms with Gasteiger partial charge in [-0.3, -0.25) is 10.2 Å². The molecule has 1 amide bonds. The van der Waals surface area contributed by atoms with E-state index in [4.69, 9.17) is 5.84 Å². The number of hydrogen-bond acceptors (Lipinski definition) is 5. The molecular weight excluding hydrogens is 250 g/mol. The zero-order valence-electron chi connectivity index (χ0n) is 9.81. The molecule has 2 aromatic rings. The molecule has 1 aromatic carbocycles. The van der Waals surface area contributed by atoms with E-state index in [0.717, 1.165) is 5.56 Å². The number of nitrogen functional groups attached to an aromatic ring is 1. The molecule has 0 fully saturated rings. The average molecular weight is 261 g/mol. The third-order valence-electron chi connectivity index (χ3n) is 2.51. The minimum atomic E-state index is -0.550. The predicted molar refractivity (Wildman–Crippen MR) is 66.1 cm³/mol. The summed E-state index contributed by atoms with van der Waals surface area (Å²) in [6, 6.07) is 8.04. The van der Waals surface area contributed by atoms with Gasteiger partial charge in [0, 0.05) is 5.56 Å². The summed E-state index contributed by atoms with van der Waals surface area (Å²) in [4.78, 5) is 21.2. The van der Waals surface area contributed by atoms with Gasteiger partial charge < -0.3 is 10.1 Å². The quantitative estimate of drug-likeness (QED) is 0.358. The number of aromatic nitrogens is 2. The Hall–Kier alpha value is -2.74. The summed E-state index contributed by atoms with van der Waals surface area (Å²) in [5, 5.41) is 14.3. The molecule has 0 aliphatic heterocycles. The van der Waals surface area contributed by atoms with Crippen LogP contribution in [0.25, 0.3) is 0 Å². The van der Waals surface area contributed by atoms with Gasteiger partial charge in [-0.1, -0.05) is 12.1 Å². The SMILES string of the molecule is NNC(=O)c1ccc(Cn2ccc([N+](=O)[O-])n2)cc1. The van der Waals surface area contributed by atoms with Gasteiger partial charge >= 0.3 is 5.82 Å². The number of nitrogens with zero attached hydrogens (tertiary/aromatic N) is 3. The van der Waals surface area contributed by atoms with Gasteiger partial charge in [0.2, 0.25) is 0 Å². The van der Waals surface area contributed by atoms with Gasteiger partial charge in [-0.2, -0.15) is 4.68 Å². The molecule has 2 rings (SSSR count). The maximum atomic E-state index is 11.2. The summed E-state index contributed by atoms with van der Waals surface area (Å²) >= 11 is 0. The first kappa shape index (κ1) is 12.7. The molecular formula is C11H11N5O3. The van der Waals surface area contributed by atoms with Crippen LogP contribution in [0, 0.1) is 10.1 Å². The topological polar surface area (TPSA) is 116 Å². The molecule has 0 aliphatic rings. The van der Waals surface area contributed by atoms with Gasteiger partial charge in [-0.25, -0.2) is 5.84 Å². The molecule has 0 spiro atoms. The Kier molecular flexibility index (Phi) is 3.53. The van der Waals surface area contributed by atoms with E-state index in [-0.39, 0.29) is 11.7 Å². The van der Waals surface area contributed by atoms with Crippen molar-refractivity contribution in [3.63, 3.8) is 0 Å². The van der Waals surface area contributed by atoms with Crippen LogP contribution >= 0.6 is 0 Å². The number of rotatable bonds is 4. The number of hydrazine groups is 1. The van der Waals surface area contributed by atoms with Crippen molar-refractivity contribution >= 4 is 11.7 Å². The van der Waals surface area contributed by atoms with Crippen LogP contribution in [-0.2, 0) is 6.54 Å². The Bertz CT molecular complexity index is 605. The number of benzene rings is 1. The van der Waals surface area contributed by atoms with Gasteiger partial charge in [0.1, 0.15) is 0 Å². The van der Waals surface area contributed by atoms with Crippen LogP contribution in [0.2, 0.25) is 0 Å². The van der Waals surface area contributed by atoms with E-state index < -0.39 is 4.92 Å². The fourth-order valence-electron chi connectivity index (χ4n) is 1.57. The highest BCUT2D eigenvalue weighted by molar-refractivity contribution is 5.93. The Labute approximate surface area is 108 Å². The van der Waals surface area contributed by atoms with Gasteiger partial charge in [0.25, 0.3) is 5.91 Å². The zero-order valence-corrected chi connectivity index (χ0v) is 9.81. The molecule has 0 radical (unpaired) electrons. The van der Waals surface area contributed by atoms with Crippen molar-refractivity contribution in [2.75, 3.05) is 0 Å². The second-order valence-corrected chi connectivity index (χ2v) is 3.80. The number of nitrogens with two attached hydrogens (primary N) is 1. The van der Waals surface area contributed by atoms with E-state index in [1.807, 2.05) is 5.43 Å². The first-order valence-electron chi connectivity index (χ1n) is 5.38. The summed E-state index contributed by atoms with van der Waals surface area (Å²) in [6.45, 7) is 0.387. The summed E-state index contributed by atoms with van der Waals surface area (Å²) in [5.41, 5.74) is 3.34. The van der Waals surface area contributed by atoms with Gasteiger partial charge in [-0.15, -0.1) is 0 Å². The number of carbonyl (C=O) groups is 1. The van der Waals surface area contributed by atoms with E-state index >= 15 is 0 Å². The predicted octanol–water partition coefficient (Wildman–Crippen LogP) is 0.443.